The van der Waals surface area contributed by atoms with Gasteiger partial charge >= 0.3 is 0 Å². The van der Waals surface area contributed by atoms with Crippen molar-refractivity contribution < 1.29 is 0 Å². The zero-order chi connectivity index (χ0) is 14.3. The van der Waals surface area contributed by atoms with E-state index in [9.17, 15) is 0 Å². The zero-order valence-electron chi connectivity index (χ0n) is 12.2. The molecule has 0 bridgehead atoms. The normalized spacial score (nSPS) is 17.6. The lowest BCUT2D eigenvalue weighted by Gasteiger charge is -2.41. The molecule has 1 heterocycles. The van der Waals surface area contributed by atoms with Crippen LogP contribution in [0.5, 0.6) is 0 Å². The van der Waals surface area contributed by atoms with Gasteiger partial charge in [0, 0.05) is 17.5 Å². The molecule has 1 fully saturated rings. The minimum atomic E-state index is 0.276. The van der Waals surface area contributed by atoms with Crippen molar-refractivity contribution in [2.75, 3.05) is 6.54 Å². The first-order valence-corrected chi connectivity index (χ1v) is 7.79. The number of imidazole rings is 1. The Labute approximate surface area is 125 Å². The van der Waals surface area contributed by atoms with Gasteiger partial charge in [-0.25, -0.2) is 4.98 Å². The largest absolute Gasteiger partial charge is 0.330 e. The SMILES string of the molecule is CC(C)n1c(CC2(CN)CCC2)nc2ccc(Cl)cc21. The van der Waals surface area contributed by atoms with Crippen molar-refractivity contribution in [3.8, 4) is 0 Å². The maximum absolute atomic E-state index is 6.14. The van der Waals surface area contributed by atoms with E-state index in [1.54, 1.807) is 0 Å². The molecule has 4 heteroatoms. The monoisotopic (exact) mass is 291 g/mol. The third kappa shape index (κ3) is 2.23. The Hall–Kier alpha value is -1.06. The molecular weight excluding hydrogens is 270 g/mol. The van der Waals surface area contributed by atoms with Gasteiger partial charge in [0.05, 0.1) is 11.0 Å². The predicted octanol–water partition coefficient (Wildman–Crippen LogP) is 3.94. The molecule has 0 aliphatic heterocycles. The molecule has 1 saturated carbocycles. The topological polar surface area (TPSA) is 43.8 Å². The van der Waals surface area contributed by atoms with Gasteiger partial charge in [-0.3, -0.25) is 0 Å². The molecule has 0 atom stereocenters. The zero-order valence-corrected chi connectivity index (χ0v) is 13.0. The van der Waals surface area contributed by atoms with Gasteiger partial charge in [0.1, 0.15) is 5.82 Å². The summed E-state index contributed by atoms with van der Waals surface area (Å²) in [5.41, 5.74) is 8.44. The number of aromatic nitrogens is 2. The lowest BCUT2D eigenvalue weighted by Crippen LogP contribution is -2.40. The second kappa shape index (κ2) is 5.05. The Bertz CT molecular complexity index is 620. The van der Waals surface area contributed by atoms with Crippen LogP contribution in [0.2, 0.25) is 5.02 Å². The highest BCUT2D eigenvalue weighted by Gasteiger charge is 2.37. The van der Waals surface area contributed by atoms with Crippen LogP contribution in [0.25, 0.3) is 11.0 Å². The van der Waals surface area contributed by atoms with Gasteiger partial charge in [-0.15, -0.1) is 0 Å². The van der Waals surface area contributed by atoms with E-state index in [1.165, 1.54) is 19.3 Å². The summed E-state index contributed by atoms with van der Waals surface area (Å²) in [6.45, 7) is 5.15. The van der Waals surface area contributed by atoms with Gasteiger partial charge in [-0.1, -0.05) is 18.0 Å². The van der Waals surface area contributed by atoms with E-state index in [4.69, 9.17) is 22.3 Å². The van der Waals surface area contributed by atoms with Crippen molar-refractivity contribution in [1.82, 2.24) is 9.55 Å². The van der Waals surface area contributed by atoms with Gasteiger partial charge in [0.25, 0.3) is 0 Å². The molecule has 3 rings (SSSR count). The first-order valence-electron chi connectivity index (χ1n) is 7.41. The van der Waals surface area contributed by atoms with Crippen molar-refractivity contribution in [3.05, 3.63) is 29.0 Å². The molecule has 0 saturated heterocycles. The highest BCUT2D eigenvalue weighted by molar-refractivity contribution is 6.31. The molecular formula is C16H22ClN3. The van der Waals surface area contributed by atoms with Crippen LogP contribution < -0.4 is 5.73 Å². The summed E-state index contributed by atoms with van der Waals surface area (Å²) in [6, 6.07) is 6.32. The van der Waals surface area contributed by atoms with E-state index >= 15 is 0 Å². The molecule has 1 aromatic carbocycles. The quantitative estimate of drug-likeness (QED) is 0.927. The predicted molar refractivity (Wildman–Crippen MR) is 84.2 cm³/mol. The summed E-state index contributed by atoms with van der Waals surface area (Å²) in [5.74, 6) is 1.16. The Morgan fingerprint density at radius 2 is 2.15 bits per heavy atom. The molecule has 1 aliphatic rings. The molecule has 0 radical (unpaired) electrons. The van der Waals surface area contributed by atoms with Crippen molar-refractivity contribution in [2.24, 2.45) is 11.1 Å². The highest BCUT2D eigenvalue weighted by atomic mass is 35.5. The van der Waals surface area contributed by atoms with E-state index in [2.05, 4.69) is 18.4 Å². The molecule has 0 spiro atoms. The van der Waals surface area contributed by atoms with Crippen LogP contribution in [0.3, 0.4) is 0 Å². The lowest BCUT2D eigenvalue weighted by atomic mass is 9.66. The lowest BCUT2D eigenvalue weighted by molar-refractivity contribution is 0.139. The van der Waals surface area contributed by atoms with Gasteiger partial charge in [-0.2, -0.15) is 0 Å². The highest BCUT2D eigenvalue weighted by Crippen LogP contribution is 2.43. The third-order valence-corrected chi connectivity index (χ3v) is 4.86. The van der Waals surface area contributed by atoms with Gasteiger partial charge < -0.3 is 10.3 Å². The maximum atomic E-state index is 6.14. The fourth-order valence-corrected chi connectivity index (χ4v) is 3.45. The summed E-state index contributed by atoms with van der Waals surface area (Å²) in [6.07, 6.45) is 4.73. The average molecular weight is 292 g/mol. The van der Waals surface area contributed by atoms with Gasteiger partial charge in [0.15, 0.2) is 0 Å². The van der Waals surface area contributed by atoms with Crippen LogP contribution >= 0.6 is 11.6 Å². The Balaban J connectivity index is 2.07. The van der Waals surface area contributed by atoms with E-state index in [0.717, 1.165) is 34.8 Å². The van der Waals surface area contributed by atoms with Gasteiger partial charge in [-0.05, 0) is 56.8 Å². The Morgan fingerprint density at radius 1 is 1.40 bits per heavy atom. The molecule has 2 aromatic rings. The number of hydrogen-bond acceptors (Lipinski definition) is 2. The van der Waals surface area contributed by atoms with Crippen LogP contribution in [0, 0.1) is 5.41 Å². The number of hydrogen-bond donors (Lipinski definition) is 1. The standard InChI is InChI=1S/C16H22ClN3/c1-11(2)20-14-8-12(17)4-5-13(14)19-15(20)9-16(10-18)6-3-7-16/h4-5,8,11H,3,6-7,9-10,18H2,1-2H3. The van der Waals surface area contributed by atoms with Crippen molar-refractivity contribution in [2.45, 2.75) is 45.6 Å². The van der Waals surface area contributed by atoms with Crippen LogP contribution in [-0.2, 0) is 6.42 Å². The third-order valence-electron chi connectivity index (χ3n) is 4.62. The minimum Gasteiger partial charge on any atom is -0.330 e. The van der Waals surface area contributed by atoms with Crippen molar-refractivity contribution in [1.29, 1.82) is 0 Å². The number of rotatable bonds is 4. The molecule has 1 aromatic heterocycles. The number of halogens is 1. The summed E-state index contributed by atoms with van der Waals surface area (Å²) in [5, 5.41) is 0.767. The first-order chi connectivity index (χ1) is 9.54. The van der Waals surface area contributed by atoms with E-state index in [0.29, 0.717) is 6.04 Å². The summed E-state index contributed by atoms with van der Waals surface area (Å²) in [4.78, 5) is 4.84. The molecule has 0 amide bonds. The Morgan fingerprint density at radius 3 is 2.70 bits per heavy atom. The average Bonchev–Trinajstić information content (AvgIpc) is 2.70. The summed E-state index contributed by atoms with van der Waals surface area (Å²) in [7, 11) is 0. The van der Waals surface area contributed by atoms with Crippen LogP contribution in [0.1, 0.15) is 45.0 Å². The molecule has 20 heavy (non-hydrogen) atoms. The molecule has 0 unspecified atom stereocenters. The van der Waals surface area contributed by atoms with Gasteiger partial charge in [0.2, 0.25) is 0 Å². The number of nitrogens with zero attached hydrogens (tertiary/aromatic N) is 2. The maximum Gasteiger partial charge on any atom is 0.110 e. The molecule has 1 aliphatic carbocycles. The van der Waals surface area contributed by atoms with Crippen LogP contribution in [0.15, 0.2) is 18.2 Å². The number of benzene rings is 1. The number of fused-ring (bicyclic) bond motifs is 1. The van der Waals surface area contributed by atoms with Crippen LogP contribution in [0.4, 0.5) is 0 Å². The van der Waals surface area contributed by atoms with E-state index < -0.39 is 0 Å². The summed E-state index contributed by atoms with van der Waals surface area (Å²) < 4.78 is 2.32. The molecule has 108 valence electrons. The second-order valence-corrected chi connectivity index (χ2v) is 6.80. The number of nitrogens with two attached hydrogens (primary N) is 1. The molecule has 2 N–H and O–H groups in total. The van der Waals surface area contributed by atoms with E-state index in [1.807, 2.05) is 18.2 Å². The minimum absolute atomic E-state index is 0.276. The molecule has 3 nitrogen and oxygen atoms in total. The summed E-state index contributed by atoms with van der Waals surface area (Å²) >= 11 is 6.14. The Kier molecular flexibility index (Phi) is 3.51. The van der Waals surface area contributed by atoms with Crippen molar-refractivity contribution in [3.63, 3.8) is 0 Å². The van der Waals surface area contributed by atoms with Crippen LogP contribution in [-0.4, -0.2) is 16.1 Å². The first kappa shape index (κ1) is 13.9. The van der Waals surface area contributed by atoms with E-state index in [-0.39, 0.29) is 5.41 Å². The fourth-order valence-electron chi connectivity index (χ4n) is 3.28. The van der Waals surface area contributed by atoms with Crippen molar-refractivity contribution >= 4 is 22.6 Å². The second-order valence-electron chi connectivity index (χ2n) is 6.36. The fraction of sp³-hybridized carbons (Fsp3) is 0.562. The smallest absolute Gasteiger partial charge is 0.110 e.